The molecule has 1 amide bonds. The normalized spacial score (nSPS) is 22.3. The summed E-state index contributed by atoms with van der Waals surface area (Å²) in [7, 11) is 3.25. The number of phenolic OH excluding ortho intramolecular Hbond substituents is 1. The van der Waals surface area contributed by atoms with Gasteiger partial charge in [-0.05, 0) is 25.5 Å². The summed E-state index contributed by atoms with van der Waals surface area (Å²) in [6.07, 6.45) is 0.842. The summed E-state index contributed by atoms with van der Waals surface area (Å²) in [5.74, 6) is 0.250. The molecule has 1 saturated heterocycles. The fourth-order valence-corrected chi connectivity index (χ4v) is 2.39. The molecule has 1 aliphatic heterocycles. The van der Waals surface area contributed by atoms with Crippen molar-refractivity contribution in [2.75, 3.05) is 20.8 Å². The average molecular weight is 265 g/mol. The number of carbonyl (C=O) groups excluding carboxylic acids is 1. The minimum atomic E-state index is -0.206. The van der Waals surface area contributed by atoms with E-state index >= 15 is 0 Å². The lowest BCUT2D eigenvalue weighted by Crippen LogP contribution is -2.41. The molecule has 0 radical (unpaired) electrons. The molecule has 0 aromatic heterocycles. The Bertz CT molecular complexity index is 475. The monoisotopic (exact) mass is 265 g/mol. The van der Waals surface area contributed by atoms with Crippen molar-refractivity contribution in [2.24, 2.45) is 0 Å². The number of hydrogen-bond acceptors (Lipinski definition) is 4. The van der Waals surface area contributed by atoms with Crippen LogP contribution in [0.1, 0.15) is 23.7 Å². The molecular formula is C14H19NO4. The zero-order valence-electron chi connectivity index (χ0n) is 11.4. The van der Waals surface area contributed by atoms with Crippen LogP contribution in [0.5, 0.6) is 11.5 Å². The van der Waals surface area contributed by atoms with Crippen LogP contribution in [0.15, 0.2) is 18.2 Å². The number of carbonyl (C=O) groups is 1. The van der Waals surface area contributed by atoms with Crippen LogP contribution in [0.3, 0.4) is 0 Å². The molecule has 2 unspecified atom stereocenters. The zero-order valence-corrected chi connectivity index (χ0v) is 11.4. The molecule has 0 bridgehead atoms. The Kier molecular flexibility index (Phi) is 3.95. The van der Waals surface area contributed by atoms with Crippen molar-refractivity contribution in [2.45, 2.75) is 25.5 Å². The van der Waals surface area contributed by atoms with Crippen LogP contribution in [0, 0.1) is 0 Å². The zero-order chi connectivity index (χ0) is 14.0. The molecule has 5 heteroatoms. The van der Waals surface area contributed by atoms with Crippen LogP contribution in [0.4, 0.5) is 0 Å². The van der Waals surface area contributed by atoms with Gasteiger partial charge in [0.2, 0.25) is 0 Å². The van der Waals surface area contributed by atoms with Gasteiger partial charge in [-0.3, -0.25) is 4.79 Å². The Balaban J connectivity index is 2.19. The first-order valence-electron chi connectivity index (χ1n) is 6.30. The first-order valence-corrected chi connectivity index (χ1v) is 6.30. The number of likely N-dealkylation sites (N-methyl/N-ethyl adjacent to an activating group) is 1. The molecule has 1 fully saturated rings. The number of ether oxygens (including phenoxy) is 2. The second-order valence-corrected chi connectivity index (χ2v) is 4.73. The third-order valence-electron chi connectivity index (χ3n) is 3.59. The van der Waals surface area contributed by atoms with Gasteiger partial charge in [-0.1, -0.05) is 0 Å². The van der Waals surface area contributed by atoms with Crippen LogP contribution < -0.4 is 4.74 Å². The minimum absolute atomic E-state index is 0.0225. The molecule has 0 aliphatic carbocycles. The molecule has 1 heterocycles. The van der Waals surface area contributed by atoms with E-state index in [1.54, 1.807) is 24.1 Å². The lowest BCUT2D eigenvalue weighted by Gasteiger charge is -2.27. The predicted octanol–water partition coefficient (Wildman–Crippen LogP) is 1.65. The van der Waals surface area contributed by atoms with Crippen LogP contribution in [-0.2, 0) is 4.74 Å². The van der Waals surface area contributed by atoms with E-state index in [-0.39, 0.29) is 29.4 Å². The van der Waals surface area contributed by atoms with E-state index in [2.05, 4.69) is 0 Å². The van der Waals surface area contributed by atoms with Gasteiger partial charge in [0.05, 0.1) is 24.8 Å². The fraction of sp³-hybridized carbons (Fsp3) is 0.500. The highest BCUT2D eigenvalue weighted by Crippen LogP contribution is 2.26. The largest absolute Gasteiger partial charge is 0.507 e. The molecule has 2 rings (SSSR count). The Labute approximate surface area is 112 Å². The maximum Gasteiger partial charge on any atom is 0.257 e. The first kappa shape index (κ1) is 13.7. The van der Waals surface area contributed by atoms with Gasteiger partial charge >= 0.3 is 0 Å². The molecule has 5 nitrogen and oxygen atoms in total. The van der Waals surface area contributed by atoms with E-state index in [4.69, 9.17) is 9.47 Å². The molecule has 1 aliphatic rings. The number of nitrogens with zero attached hydrogens (tertiary/aromatic N) is 1. The summed E-state index contributed by atoms with van der Waals surface area (Å²) in [5, 5.41) is 9.89. The Hall–Kier alpha value is -1.75. The van der Waals surface area contributed by atoms with Crippen molar-refractivity contribution in [1.29, 1.82) is 0 Å². The summed E-state index contributed by atoms with van der Waals surface area (Å²) in [5.41, 5.74) is 0.280. The molecule has 1 aromatic carbocycles. The van der Waals surface area contributed by atoms with Gasteiger partial charge in [0.25, 0.3) is 5.91 Å². The minimum Gasteiger partial charge on any atom is -0.507 e. The summed E-state index contributed by atoms with van der Waals surface area (Å²) in [6, 6.07) is 4.73. The Morgan fingerprint density at radius 1 is 1.53 bits per heavy atom. The Morgan fingerprint density at radius 2 is 2.26 bits per heavy atom. The SMILES string of the molecule is COc1ccc(C(=O)N(C)C2CCOC2C)c(O)c1. The number of rotatable bonds is 3. The van der Waals surface area contributed by atoms with Crippen molar-refractivity contribution >= 4 is 5.91 Å². The predicted molar refractivity (Wildman–Crippen MR) is 70.6 cm³/mol. The van der Waals surface area contributed by atoms with Gasteiger partial charge in [0, 0.05) is 19.7 Å². The lowest BCUT2D eigenvalue weighted by molar-refractivity contribution is 0.0572. The summed E-state index contributed by atoms with van der Waals surface area (Å²) < 4.78 is 10.5. The quantitative estimate of drug-likeness (QED) is 0.902. The smallest absolute Gasteiger partial charge is 0.257 e. The second kappa shape index (κ2) is 5.48. The maximum absolute atomic E-state index is 12.4. The lowest BCUT2D eigenvalue weighted by atomic mass is 10.1. The van der Waals surface area contributed by atoms with Crippen LogP contribution in [-0.4, -0.2) is 48.8 Å². The molecule has 2 atom stereocenters. The van der Waals surface area contributed by atoms with Crippen LogP contribution >= 0.6 is 0 Å². The van der Waals surface area contributed by atoms with E-state index < -0.39 is 0 Å². The maximum atomic E-state index is 12.4. The number of phenols is 1. The van der Waals surface area contributed by atoms with Crippen molar-refractivity contribution in [3.8, 4) is 11.5 Å². The summed E-state index contributed by atoms with van der Waals surface area (Å²) >= 11 is 0. The summed E-state index contributed by atoms with van der Waals surface area (Å²) in [6.45, 7) is 2.62. The highest BCUT2D eigenvalue weighted by molar-refractivity contribution is 5.97. The number of methoxy groups -OCH3 is 1. The van der Waals surface area contributed by atoms with Gasteiger partial charge in [0.1, 0.15) is 11.5 Å². The van der Waals surface area contributed by atoms with Gasteiger partial charge in [-0.2, -0.15) is 0 Å². The standard InChI is InChI=1S/C14H19NO4/c1-9-12(6-7-19-9)15(2)14(17)11-5-4-10(18-3)8-13(11)16/h4-5,8-9,12,16H,6-7H2,1-3H3. The summed E-state index contributed by atoms with van der Waals surface area (Å²) in [4.78, 5) is 14.0. The third-order valence-corrected chi connectivity index (χ3v) is 3.59. The van der Waals surface area contributed by atoms with E-state index in [9.17, 15) is 9.90 Å². The van der Waals surface area contributed by atoms with Gasteiger partial charge < -0.3 is 19.5 Å². The van der Waals surface area contributed by atoms with Gasteiger partial charge in [-0.25, -0.2) is 0 Å². The van der Waals surface area contributed by atoms with Crippen molar-refractivity contribution in [1.82, 2.24) is 4.90 Å². The highest BCUT2D eigenvalue weighted by atomic mass is 16.5. The van der Waals surface area contributed by atoms with Gasteiger partial charge in [0.15, 0.2) is 0 Å². The molecule has 104 valence electrons. The molecule has 1 N–H and O–H groups in total. The fourth-order valence-electron chi connectivity index (χ4n) is 2.39. The van der Waals surface area contributed by atoms with E-state index in [0.29, 0.717) is 12.4 Å². The molecular weight excluding hydrogens is 246 g/mol. The molecule has 0 saturated carbocycles. The third kappa shape index (κ3) is 2.66. The molecule has 1 aromatic rings. The average Bonchev–Trinajstić information content (AvgIpc) is 2.83. The van der Waals surface area contributed by atoms with Crippen LogP contribution in [0.2, 0.25) is 0 Å². The molecule has 19 heavy (non-hydrogen) atoms. The number of benzene rings is 1. The first-order chi connectivity index (χ1) is 9.04. The van der Waals surface area contributed by atoms with Gasteiger partial charge in [-0.15, -0.1) is 0 Å². The van der Waals surface area contributed by atoms with E-state index in [1.807, 2.05) is 6.92 Å². The number of hydrogen-bond donors (Lipinski definition) is 1. The topological polar surface area (TPSA) is 59.0 Å². The van der Waals surface area contributed by atoms with E-state index in [0.717, 1.165) is 6.42 Å². The van der Waals surface area contributed by atoms with E-state index in [1.165, 1.54) is 13.2 Å². The molecule has 0 spiro atoms. The highest BCUT2D eigenvalue weighted by Gasteiger charge is 2.31. The van der Waals surface area contributed by atoms with Crippen molar-refractivity contribution in [3.63, 3.8) is 0 Å². The number of aromatic hydroxyl groups is 1. The second-order valence-electron chi connectivity index (χ2n) is 4.73. The van der Waals surface area contributed by atoms with Crippen molar-refractivity contribution < 1.29 is 19.4 Å². The Morgan fingerprint density at radius 3 is 2.79 bits per heavy atom. The van der Waals surface area contributed by atoms with Crippen molar-refractivity contribution in [3.05, 3.63) is 23.8 Å². The van der Waals surface area contributed by atoms with Crippen LogP contribution in [0.25, 0.3) is 0 Å². The number of amides is 1.